The molecule has 0 aliphatic carbocycles. The van der Waals surface area contributed by atoms with Crippen LogP contribution in [0.2, 0.25) is 0 Å². The summed E-state index contributed by atoms with van der Waals surface area (Å²) in [6, 6.07) is 11.3. The summed E-state index contributed by atoms with van der Waals surface area (Å²) in [5.74, 6) is 0.0728. The minimum absolute atomic E-state index is 0.0728. The second kappa shape index (κ2) is 7.70. The number of carbonyl (C=O) groups excluding carboxylic acids is 1. The Morgan fingerprint density at radius 3 is 2.89 bits per heavy atom. The monoisotopic (exact) mass is 362 g/mol. The average molecular weight is 362 g/mol. The van der Waals surface area contributed by atoms with E-state index in [0.717, 1.165) is 31.4 Å². The van der Waals surface area contributed by atoms with Crippen LogP contribution in [0, 0.1) is 0 Å². The number of hydrogen-bond acceptors (Lipinski definition) is 4. The minimum atomic E-state index is -0.101. The maximum Gasteiger partial charge on any atom is 0.261 e. The minimum Gasteiger partial charge on any atom is -0.336 e. The Hall–Kier alpha value is -3.02. The fourth-order valence-corrected chi connectivity index (χ4v) is 3.77. The number of rotatable bonds is 4. The zero-order chi connectivity index (χ0) is 18.6. The Morgan fingerprint density at radius 2 is 2.04 bits per heavy atom. The van der Waals surface area contributed by atoms with E-state index in [0.29, 0.717) is 17.4 Å². The summed E-state index contributed by atoms with van der Waals surface area (Å²) in [6.45, 7) is 1.09. The van der Waals surface area contributed by atoms with Gasteiger partial charge in [-0.2, -0.15) is 0 Å². The molecule has 0 unspecified atom stereocenters. The number of fused-ring (bicyclic) bond motifs is 1. The molecule has 1 aliphatic heterocycles. The molecule has 0 bridgehead atoms. The number of amides is 1. The molecular formula is C21H22N4O2. The van der Waals surface area contributed by atoms with Crippen LogP contribution in [0.5, 0.6) is 0 Å². The van der Waals surface area contributed by atoms with Gasteiger partial charge in [-0.3, -0.25) is 19.1 Å². The first-order chi connectivity index (χ1) is 13.2. The smallest absolute Gasteiger partial charge is 0.261 e. The number of nitrogens with zero attached hydrogens (tertiary/aromatic N) is 4. The second-order valence-corrected chi connectivity index (χ2v) is 6.90. The molecule has 6 heteroatoms. The van der Waals surface area contributed by atoms with Crippen LogP contribution in [-0.4, -0.2) is 31.9 Å². The molecule has 138 valence electrons. The Morgan fingerprint density at radius 1 is 1.15 bits per heavy atom. The normalized spacial score (nSPS) is 17.2. The highest BCUT2D eigenvalue weighted by atomic mass is 16.2. The van der Waals surface area contributed by atoms with Gasteiger partial charge in [0.1, 0.15) is 0 Å². The van der Waals surface area contributed by atoms with Crippen molar-refractivity contribution in [3.8, 4) is 0 Å². The molecule has 4 rings (SSSR count). The lowest BCUT2D eigenvalue weighted by molar-refractivity contribution is -0.135. The Labute approximate surface area is 157 Å². The van der Waals surface area contributed by atoms with Gasteiger partial charge in [-0.1, -0.05) is 18.2 Å². The third-order valence-electron chi connectivity index (χ3n) is 5.19. The summed E-state index contributed by atoms with van der Waals surface area (Å²) < 4.78 is 1.53. The molecule has 0 N–H and O–H groups in total. The third-order valence-corrected chi connectivity index (χ3v) is 5.19. The van der Waals surface area contributed by atoms with Crippen molar-refractivity contribution in [1.29, 1.82) is 0 Å². The Bertz CT molecular complexity index is 1000. The van der Waals surface area contributed by atoms with Crippen molar-refractivity contribution in [2.75, 3.05) is 6.54 Å². The molecule has 1 atom stereocenters. The maximum atomic E-state index is 12.9. The number of para-hydroxylation sites is 1. The van der Waals surface area contributed by atoms with E-state index in [1.165, 1.54) is 10.9 Å². The number of hydrogen-bond donors (Lipinski definition) is 0. The van der Waals surface area contributed by atoms with E-state index in [9.17, 15) is 9.59 Å². The number of aryl methyl sites for hydroxylation is 1. The van der Waals surface area contributed by atoms with E-state index in [2.05, 4.69) is 9.97 Å². The molecule has 1 saturated heterocycles. The summed E-state index contributed by atoms with van der Waals surface area (Å²) in [5.41, 5.74) is 1.66. The zero-order valence-corrected chi connectivity index (χ0v) is 15.1. The van der Waals surface area contributed by atoms with Crippen LogP contribution in [0.1, 0.15) is 37.3 Å². The van der Waals surface area contributed by atoms with Crippen LogP contribution >= 0.6 is 0 Å². The van der Waals surface area contributed by atoms with Crippen molar-refractivity contribution in [1.82, 2.24) is 19.4 Å². The first-order valence-corrected chi connectivity index (χ1v) is 9.37. The highest BCUT2D eigenvalue weighted by Crippen LogP contribution is 2.30. The summed E-state index contributed by atoms with van der Waals surface area (Å²) >= 11 is 0. The van der Waals surface area contributed by atoms with Gasteiger partial charge in [0.25, 0.3) is 5.56 Å². The molecule has 2 aromatic heterocycles. The van der Waals surface area contributed by atoms with Crippen molar-refractivity contribution in [3.63, 3.8) is 0 Å². The fourth-order valence-electron chi connectivity index (χ4n) is 3.77. The lowest BCUT2D eigenvalue weighted by Gasteiger charge is -2.36. The molecule has 0 saturated carbocycles. The van der Waals surface area contributed by atoms with E-state index >= 15 is 0 Å². The van der Waals surface area contributed by atoms with Gasteiger partial charge in [-0.05, 0) is 43.0 Å². The van der Waals surface area contributed by atoms with Crippen LogP contribution in [0.15, 0.2) is 59.9 Å². The number of pyridine rings is 1. The lowest BCUT2D eigenvalue weighted by Crippen LogP contribution is -2.39. The van der Waals surface area contributed by atoms with Gasteiger partial charge in [-0.15, -0.1) is 0 Å². The molecule has 3 heterocycles. The number of aromatic nitrogens is 3. The largest absolute Gasteiger partial charge is 0.336 e. The standard InChI is InChI=1S/C21H22N4O2/c26-20(25-12-4-3-9-19(25)16-6-5-11-22-14-16)10-13-24-15-23-18-8-2-1-7-17(18)21(24)27/h1-2,5-8,11,14-15,19H,3-4,9-10,12-13H2/t19-/m1/s1. The van der Waals surface area contributed by atoms with Crippen LogP contribution in [0.25, 0.3) is 10.9 Å². The van der Waals surface area contributed by atoms with E-state index in [1.54, 1.807) is 12.3 Å². The number of carbonyl (C=O) groups is 1. The van der Waals surface area contributed by atoms with Gasteiger partial charge in [0.05, 0.1) is 23.3 Å². The Balaban J connectivity index is 1.50. The zero-order valence-electron chi connectivity index (χ0n) is 15.1. The lowest BCUT2D eigenvalue weighted by atomic mass is 9.96. The van der Waals surface area contributed by atoms with E-state index in [4.69, 9.17) is 0 Å². The van der Waals surface area contributed by atoms with Crippen LogP contribution in [0.4, 0.5) is 0 Å². The summed E-state index contributed by atoms with van der Waals surface area (Å²) in [6.07, 6.45) is 8.49. The Kier molecular flexibility index (Phi) is 4.96. The summed E-state index contributed by atoms with van der Waals surface area (Å²) in [4.78, 5) is 36.0. The van der Waals surface area contributed by atoms with Crippen molar-refractivity contribution < 1.29 is 4.79 Å². The van der Waals surface area contributed by atoms with Gasteiger partial charge in [0, 0.05) is 31.9 Å². The van der Waals surface area contributed by atoms with Crippen molar-refractivity contribution in [3.05, 3.63) is 71.0 Å². The average Bonchev–Trinajstić information content (AvgIpc) is 2.74. The fraction of sp³-hybridized carbons (Fsp3) is 0.333. The van der Waals surface area contributed by atoms with Gasteiger partial charge in [0.15, 0.2) is 0 Å². The molecule has 27 heavy (non-hydrogen) atoms. The second-order valence-electron chi connectivity index (χ2n) is 6.90. The molecule has 1 aromatic carbocycles. The van der Waals surface area contributed by atoms with E-state index in [-0.39, 0.29) is 23.9 Å². The summed E-state index contributed by atoms with van der Waals surface area (Å²) in [7, 11) is 0. The molecule has 1 amide bonds. The van der Waals surface area contributed by atoms with Gasteiger partial charge in [-0.25, -0.2) is 4.98 Å². The van der Waals surface area contributed by atoms with E-state index in [1.807, 2.05) is 41.4 Å². The van der Waals surface area contributed by atoms with Crippen LogP contribution in [0.3, 0.4) is 0 Å². The first-order valence-electron chi connectivity index (χ1n) is 9.37. The molecule has 6 nitrogen and oxygen atoms in total. The molecule has 0 radical (unpaired) electrons. The predicted molar refractivity (Wildman–Crippen MR) is 103 cm³/mol. The number of benzene rings is 1. The van der Waals surface area contributed by atoms with Crippen LogP contribution in [-0.2, 0) is 11.3 Å². The predicted octanol–water partition coefficient (Wildman–Crippen LogP) is 2.94. The van der Waals surface area contributed by atoms with E-state index < -0.39 is 0 Å². The van der Waals surface area contributed by atoms with Gasteiger partial charge < -0.3 is 4.90 Å². The first kappa shape index (κ1) is 17.4. The van der Waals surface area contributed by atoms with Crippen LogP contribution < -0.4 is 5.56 Å². The van der Waals surface area contributed by atoms with Crippen molar-refractivity contribution in [2.24, 2.45) is 0 Å². The van der Waals surface area contributed by atoms with Crippen molar-refractivity contribution in [2.45, 2.75) is 38.3 Å². The summed E-state index contributed by atoms with van der Waals surface area (Å²) in [5, 5.41) is 0.582. The highest BCUT2D eigenvalue weighted by molar-refractivity contribution is 5.78. The number of likely N-dealkylation sites (tertiary alicyclic amines) is 1. The van der Waals surface area contributed by atoms with Gasteiger partial charge >= 0.3 is 0 Å². The maximum absolute atomic E-state index is 12.9. The molecule has 3 aromatic rings. The molecule has 1 aliphatic rings. The highest BCUT2D eigenvalue weighted by Gasteiger charge is 2.27. The third kappa shape index (κ3) is 3.60. The van der Waals surface area contributed by atoms with Gasteiger partial charge in [0.2, 0.25) is 5.91 Å². The number of piperidine rings is 1. The SMILES string of the molecule is O=C(CCn1cnc2ccccc2c1=O)N1CCCC[C@@H]1c1cccnc1. The molecule has 0 spiro atoms. The quantitative estimate of drug-likeness (QED) is 0.716. The molecule has 1 fully saturated rings. The topological polar surface area (TPSA) is 68.1 Å². The van der Waals surface area contributed by atoms with Crippen molar-refractivity contribution >= 4 is 16.8 Å². The molecular weight excluding hydrogens is 340 g/mol.